The van der Waals surface area contributed by atoms with E-state index in [2.05, 4.69) is 16.4 Å². The van der Waals surface area contributed by atoms with E-state index in [0.717, 1.165) is 11.1 Å². The SMILES string of the molecule is C[C@H](Nc1oc(/C=C\c2ccccc2)nc1C#N)c1ccccc1. The van der Waals surface area contributed by atoms with Crippen LogP contribution in [0.5, 0.6) is 0 Å². The maximum Gasteiger partial charge on any atom is 0.233 e. The average Bonchev–Trinajstić information content (AvgIpc) is 3.03. The molecule has 0 fully saturated rings. The molecule has 2 aromatic carbocycles. The van der Waals surface area contributed by atoms with E-state index in [-0.39, 0.29) is 11.7 Å². The second kappa shape index (κ2) is 7.30. The highest BCUT2D eigenvalue weighted by Gasteiger charge is 2.14. The van der Waals surface area contributed by atoms with Crippen LogP contribution in [0.15, 0.2) is 65.1 Å². The predicted molar refractivity (Wildman–Crippen MR) is 95.1 cm³/mol. The predicted octanol–water partition coefficient (Wildman–Crippen LogP) is 4.89. The van der Waals surface area contributed by atoms with Gasteiger partial charge in [0.1, 0.15) is 6.07 Å². The molecule has 0 bridgehead atoms. The number of nitriles is 1. The van der Waals surface area contributed by atoms with Gasteiger partial charge in [0.05, 0.1) is 6.04 Å². The third-order valence-corrected chi connectivity index (χ3v) is 3.61. The fraction of sp³-hybridized carbons (Fsp3) is 0.100. The van der Waals surface area contributed by atoms with Crippen molar-refractivity contribution < 1.29 is 4.42 Å². The van der Waals surface area contributed by atoms with Crippen molar-refractivity contribution in [2.75, 3.05) is 5.32 Å². The van der Waals surface area contributed by atoms with Crippen molar-refractivity contribution in [3.63, 3.8) is 0 Å². The Labute approximate surface area is 141 Å². The van der Waals surface area contributed by atoms with E-state index >= 15 is 0 Å². The molecule has 3 aromatic rings. The number of nitrogens with zero attached hydrogens (tertiary/aromatic N) is 2. The number of benzene rings is 2. The summed E-state index contributed by atoms with van der Waals surface area (Å²) in [4.78, 5) is 4.21. The van der Waals surface area contributed by atoms with Crippen molar-refractivity contribution in [3.8, 4) is 6.07 Å². The van der Waals surface area contributed by atoms with Crippen LogP contribution in [0.1, 0.15) is 35.7 Å². The molecule has 0 spiro atoms. The van der Waals surface area contributed by atoms with Crippen LogP contribution in [-0.2, 0) is 0 Å². The average molecular weight is 315 g/mol. The second-order valence-electron chi connectivity index (χ2n) is 5.36. The first kappa shape index (κ1) is 15.6. The maximum atomic E-state index is 9.26. The van der Waals surface area contributed by atoms with E-state index in [1.807, 2.05) is 73.7 Å². The Morgan fingerprint density at radius 3 is 2.38 bits per heavy atom. The number of aromatic nitrogens is 1. The smallest absolute Gasteiger partial charge is 0.233 e. The summed E-state index contributed by atoms with van der Waals surface area (Å²) < 4.78 is 5.69. The molecule has 0 unspecified atom stereocenters. The van der Waals surface area contributed by atoms with Gasteiger partial charge in [0.15, 0.2) is 0 Å². The zero-order valence-electron chi connectivity index (χ0n) is 13.3. The Balaban J connectivity index is 1.78. The summed E-state index contributed by atoms with van der Waals surface area (Å²) in [7, 11) is 0. The Bertz CT molecular complexity index is 861. The van der Waals surface area contributed by atoms with Crippen molar-refractivity contribution in [1.29, 1.82) is 5.26 Å². The van der Waals surface area contributed by atoms with E-state index in [4.69, 9.17) is 4.42 Å². The number of rotatable bonds is 5. The lowest BCUT2D eigenvalue weighted by atomic mass is 10.1. The van der Waals surface area contributed by atoms with Gasteiger partial charge in [0.2, 0.25) is 17.5 Å². The minimum atomic E-state index is 0.0113. The van der Waals surface area contributed by atoms with Crippen LogP contribution in [0.3, 0.4) is 0 Å². The first-order valence-corrected chi connectivity index (χ1v) is 7.72. The van der Waals surface area contributed by atoms with Gasteiger partial charge in [-0.3, -0.25) is 0 Å². The summed E-state index contributed by atoms with van der Waals surface area (Å²) in [6.45, 7) is 2.01. The second-order valence-corrected chi connectivity index (χ2v) is 5.36. The number of oxazole rings is 1. The van der Waals surface area contributed by atoms with E-state index in [0.29, 0.717) is 11.8 Å². The summed E-state index contributed by atoms with van der Waals surface area (Å²) in [5.41, 5.74) is 2.41. The zero-order valence-corrected chi connectivity index (χ0v) is 13.3. The van der Waals surface area contributed by atoms with Crippen LogP contribution >= 0.6 is 0 Å². The molecule has 1 aromatic heterocycles. The summed E-state index contributed by atoms with van der Waals surface area (Å²) in [6.07, 6.45) is 3.66. The first-order valence-electron chi connectivity index (χ1n) is 7.72. The fourth-order valence-electron chi connectivity index (χ4n) is 2.33. The minimum absolute atomic E-state index is 0.0113. The summed E-state index contributed by atoms with van der Waals surface area (Å²) in [5.74, 6) is 0.791. The molecule has 1 heterocycles. The molecule has 118 valence electrons. The summed E-state index contributed by atoms with van der Waals surface area (Å²) in [5, 5.41) is 12.5. The highest BCUT2D eigenvalue weighted by Crippen LogP contribution is 2.24. The van der Waals surface area contributed by atoms with Crippen molar-refractivity contribution in [1.82, 2.24) is 4.98 Å². The van der Waals surface area contributed by atoms with Gasteiger partial charge in [-0.25, -0.2) is 0 Å². The summed E-state index contributed by atoms with van der Waals surface area (Å²) in [6, 6.07) is 21.9. The molecule has 1 atom stereocenters. The van der Waals surface area contributed by atoms with Gasteiger partial charge >= 0.3 is 0 Å². The van der Waals surface area contributed by atoms with Crippen LogP contribution in [0.25, 0.3) is 12.2 Å². The standard InChI is InChI=1S/C20H17N3O/c1-15(17-10-6-3-7-11-17)22-20-18(14-21)23-19(24-20)13-12-16-8-4-2-5-9-16/h2-13,15,22H,1H3/b13-12-/t15-/m0/s1. The molecule has 0 radical (unpaired) electrons. The van der Waals surface area contributed by atoms with E-state index < -0.39 is 0 Å². The molecule has 3 rings (SSSR count). The van der Waals surface area contributed by atoms with E-state index in [1.165, 1.54) is 0 Å². The Morgan fingerprint density at radius 1 is 1.04 bits per heavy atom. The van der Waals surface area contributed by atoms with Crippen LogP contribution in [0.4, 0.5) is 5.88 Å². The van der Waals surface area contributed by atoms with Crippen LogP contribution in [-0.4, -0.2) is 4.98 Å². The Kier molecular flexibility index (Phi) is 4.73. The number of nitrogens with one attached hydrogen (secondary N) is 1. The Hall–Kier alpha value is -3.32. The topological polar surface area (TPSA) is 61.9 Å². The van der Waals surface area contributed by atoms with Crippen molar-refractivity contribution in [2.45, 2.75) is 13.0 Å². The molecule has 24 heavy (non-hydrogen) atoms. The largest absolute Gasteiger partial charge is 0.420 e. The maximum absolute atomic E-state index is 9.26. The lowest BCUT2D eigenvalue weighted by Gasteiger charge is -2.12. The van der Waals surface area contributed by atoms with Crippen molar-refractivity contribution >= 4 is 18.0 Å². The number of hydrogen-bond acceptors (Lipinski definition) is 4. The molecular weight excluding hydrogens is 298 g/mol. The lowest BCUT2D eigenvalue weighted by molar-refractivity contribution is 0.552. The minimum Gasteiger partial charge on any atom is -0.420 e. The quantitative estimate of drug-likeness (QED) is 0.728. The van der Waals surface area contributed by atoms with Gasteiger partial charge in [-0.15, -0.1) is 0 Å². The molecule has 0 aliphatic heterocycles. The van der Waals surface area contributed by atoms with Gasteiger partial charge in [0, 0.05) is 6.08 Å². The third kappa shape index (κ3) is 3.71. The normalized spacial score (nSPS) is 12.0. The van der Waals surface area contributed by atoms with Crippen LogP contribution in [0.2, 0.25) is 0 Å². The monoisotopic (exact) mass is 315 g/mol. The van der Waals surface area contributed by atoms with Gasteiger partial charge in [-0.05, 0) is 24.1 Å². The number of anilines is 1. The van der Waals surface area contributed by atoms with Gasteiger partial charge in [-0.2, -0.15) is 10.2 Å². The molecule has 1 N–H and O–H groups in total. The highest BCUT2D eigenvalue weighted by atomic mass is 16.4. The molecule has 0 saturated heterocycles. The van der Waals surface area contributed by atoms with Crippen molar-refractivity contribution in [3.05, 3.63) is 83.4 Å². The van der Waals surface area contributed by atoms with E-state index in [1.54, 1.807) is 6.08 Å². The molecule has 0 amide bonds. The fourth-order valence-corrected chi connectivity index (χ4v) is 2.33. The lowest BCUT2D eigenvalue weighted by Crippen LogP contribution is -2.06. The van der Waals surface area contributed by atoms with Crippen LogP contribution in [0, 0.1) is 11.3 Å². The molecule has 0 saturated carbocycles. The molecule has 0 aliphatic rings. The van der Waals surface area contributed by atoms with E-state index in [9.17, 15) is 5.26 Å². The van der Waals surface area contributed by atoms with Crippen LogP contribution < -0.4 is 5.32 Å². The Morgan fingerprint density at radius 2 is 1.71 bits per heavy atom. The van der Waals surface area contributed by atoms with Gasteiger partial charge < -0.3 is 9.73 Å². The molecule has 0 aliphatic carbocycles. The molecular formula is C20H17N3O. The van der Waals surface area contributed by atoms with Gasteiger partial charge in [0.25, 0.3) is 0 Å². The summed E-state index contributed by atoms with van der Waals surface area (Å²) >= 11 is 0. The first-order chi connectivity index (χ1) is 11.8. The number of hydrogen-bond donors (Lipinski definition) is 1. The molecule has 4 heteroatoms. The third-order valence-electron chi connectivity index (χ3n) is 3.61. The molecule has 4 nitrogen and oxygen atoms in total. The van der Waals surface area contributed by atoms with Crippen molar-refractivity contribution in [2.24, 2.45) is 0 Å². The zero-order chi connectivity index (χ0) is 16.8. The highest BCUT2D eigenvalue weighted by molar-refractivity contribution is 5.67. The van der Waals surface area contributed by atoms with Gasteiger partial charge in [-0.1, -0.05) is 60.7 Å².